The van der Waals surface area contributed by atoms with Crippen LogP contribution in [0.5, 0.6) is 0 Å². The van der Waals surface area contributed by atoms with Gasteiger partial charge in [0.15, 0.2) is 0 Å². The highest BCUT2D eigenvalue weighted by Crippen LogP contribution is 2.17. The zero-order valence-electron chi connectivity index (χ0n) is 13.6. The summed E-state index contributed by atoms with van der Waals surface area (Å²) in [4.78, 5) is 6.70. The average Bonchev–Trinajstić information content (AvgIpc) is 2.46. The smallest absolute Gasteiger partial charge is 0.0346 e. The maximum Gasteiger partial charge on any atom is 0.0346 e. The lowest BCUT2D eigenvalue weighted by Gasteiger charge is -2.30. The molecule has 114 valence electrons. The first-order chi connectivity index (χ1) is 10.1. The molecule has 3 heteroatoms. The molecule has 0 radical (unpaired) electrons. The zero-order valence-corrected chi connectivity index (χ0v) is 13.6. The number of nitrogens with one attached hydrogen (secondary N) is 1. The molecule has 0 fully saturated rings. The summed E-state index contributed by atoms with van der Waals surface area (Å²) in [5, 5.41) is 6.08. The van der Waals surface area contributed by atoms with Gasteiger partial charge in [-0.15, -0.1) is 0 Å². The second-order valence-electron chi connectivity index (χ2n) is 6.12. The molecule has 0 atom stereocenters. The van der Waals surface area contributed by atoms with E-state index in [1.807, 2.05) is 12.4 Å². The van der Waals surface area contributed by atoms with E-state index in [0.717, 1.165) is 19.6 Å². The van der Waals surface area contributed by atoms with Gasteiger partial charge < -0.3 is 5.32 Å². The van der Waals surface area contributed by atoms with Crippen LogP contribution < -0.4 is 5.32 Å². The van der Waals surface area contributed by atoms with E-state index in [1.54, 1.807) is 0 Å². The number of hydrogen-bond acceptors (Lipinski definition) is 3. The highest BCUT2D eigenvalue weighted by Gasteiger charge is 2.12. The Balaban J connectivity index is 1.91. The minimum atomic E-state index is 0.593. The van der Waals surface area contributed by atoms with Crippen LogP contribution in [-0.2, 0) is 6.54 Å². The molecule has 0 spiro atoms. The van der Waals surface area contributed by atoms with Crippen LogP contribution in [0, 0.1) is 0 Å². The van der Waals surface area contributed by atoms with Gasteiger partial charge in [-0.05, 0) is 44.7 Å². The summed E-state index contributed by atoms with van der Waals surface area (Å²) in [6.45, 7) is 12.1. The zero-order chi connectivity index (χ0) is 15.2. The maximum absolute atomic E-state index is 4.19. The van der Waals surface area contributed by atoms with Crippen molar-refractivity contribution in [1.29, 1.82) is 0 Å². The molecule has 0 aliphatic carbocycles. The van der Waals surface area contributed by atoms with Crippen molar-refractivity contribution in [2.45, 2.75) is 46.3 Å². The van der Waals surface area contributed by atoms with E-state index < -0.39 is 0 Å². The molecule has 0 aliphatic rings. The fourth-order valence-electron chi connectivity index (χ4n) is 2.89. The Hall–Kier alpha value is -1.45. The predicted molar refractivity (Wildman–Crippen MR) is 90.4 cm³/mol. The van der Waals surface area contributed by atoms with Crippen molar-refractivity contribution >= 4 is 10.8 Å². The monoisotopic (exact) mass is 285 g/mol. The summed E-state index contributed by atoms with van der Waals surface area (Å²) in [6.07, 6.45) is 3.79. The number of pyridine rings is 1. The summed E-state index contributed by atoms with van der Waals surface area (Å²) in [5.74, 6) is 0. The van der Waals surface area contributed by atoms with Crippen molar-refractivity contribution < 1.29 is 0 Å². The Labute approximate surface area is 128 Å². The average molecular weight is 285 g/mol. The number of aromatic nitrogens is 1. The van der Waals surface area contributed by atoms with Gasteiger partial charge in [-0.2, -0.15) is 0 Å². The lowest BCUT2D eigenvalue weighted by Crippen LogP contribution is -2.41. The van der Waals surface area contributed by atoms with Crippen LogP contribution in [-0.4, -0.2) is 35.1 Å². The standard InChI is InChI=1S/C18H27N3/c1-14(2)21(15(3)4)11-10-20-13-17-7-5-6-16-12-19-9-8-18(16)17/h5-9,12,14-15,20H,10-11,13H2,1-4H3. The Morgan fingerprint density at radius 3 is 2.57 bits per heavy atom. The number of rotatable bonds is 7. The fourth-order valence-corrected chi connectivity index (χ4v) is 2.89. The van der Waals surface area contributed by atoms with Gasteiger partial charge in [-0.1, -0.05) is 18.2 Å². The minimum Gasteiger partial charge on any atom is -0.311 e. The molecule has 0 amide bonds. The first-order valence-electron chi connectivity index (χ1n) is 7.87. The SMILES string of the molecule is CC(C)N(CCNCc1cccc2cnccc12)C(C)C. The first-order valence-corrected chi connectivity index (χ1v) is 7.87. The van der Waals surface area contributed by atoms with Crippen LogP contribution in [0.2, 0.25) is 0 Å². The topological polar surface area (TPSA) is 28.2 Å². The highest BCUT2D eigenvalue weighted by atomic mass is 15.2. The summed E-state index contributed by atoms with van der Waals surface area (Å²) >= 11 is 0. The van der Waals surface area contributed by atoms with Gasteiger partial charge in [-0.25, -0.2) is 0 Å². The molecule has 0 bridgehead atoms. The van der Waals surface area contributed by atoms with Crippen LogP contribution in [0.25, 0.3) is 10.8 Å². The molecule has 0 saturated carbocycles. The second-order valence-corrected chi connectivity index (χ2v) is 6.12. The van der Waals surface area contributed by atoms with Crippen molar-refractivity contribution in [3.63, 3.8) is 0 Å². The van der Waals surface area contributed by atoms with Crippen molar-refractivity contribution in [2.75, 3.05) is 13.1 Å². The molecule has 1 aromatic heterocycles. The molecule has 1 N–H and O–H groups in total. The second kappa shape index (κ2) is 7.53. The molecule has 3 nitrogen and oxygen atoms in total. The number of benzene rings is 1. The number of hydrogen-bond donors (Lipinski definition) is 1. The lowest BCUT2D eigenvalue weighted by molar-refractivity contribution is 0.176. The minimum absolute atomic E-state index is 0.593. The summed E-state index contributed by atoms with van der Waals surface area (Å²) in [5.41, 5.74) is 1.34. The molecule has 2 rings (SSSR count). The number of fused-ring (bicyclic) bond motifs is 1. The van der Waals surface area contributed by atoms with Crippen LogP contribution >= 0.6 is 0 Å². The third-order valence-electron chi connectivity index (χ3n) is 3.96. The summed E-state index contributed by atoms with van der Waals surface area (Å²) < 4.78 is 0. The molecule has 1 heterocycles. The molecule has 1 aromatic carbocycles. The van der Waals surface area contributed by atoms with E-state index in [2.05, 4.69) is 67.2 Å². The third kappa shape index (κ3) is 4.26. The van der Waals surface area contributed by atoms with Gasteiger partial charge in [0.2, 0.25) is 0 Å². The Kier molecular flexibility index (Phi) is 5.71. The van der Waals surface area contributed by atoms with E-state index in [-0.39, 0.29) is 0 Å². The van der Waals surface area contributed by atoms with Crippen molar-refractivity contribution in [3.8, 4) is 0 Å². The Morgan fingerprint density at radius 1 is 1.10 bits per heavy atom. The fraction of sp³-hybridized carbons (Fsp3) is 0.500. The van der Waals surface area contributed by atoms with Crippen LogP contribution in [0.1, 0.15) is 33.3 Å². The first kappa shape index (κ1) is 15.9. The largest absolute Gasteiger partial charge is 0.311 e. The molecule has 0 aliphatic heterocycles. The molecule has 21 heavy (non-hydrogen) atoms. The summed E-state index contributed by atoms with van der Waals surface area (Å²) in [6, 6.07) is 9.70. The van der Waals surface area contributed by atoms with Gasteiger partial charge in [0, 0.05) is 49.5 Å². The normalized spacial score (nSPS) is 12.0. The number of nitrogens with zero attached hydrogens (tertiary/aromatic N) is 2. The van der Waals surface area contributed by atoms with Gasteiger partial charge in [0.25, 0.3) is 0 Å². The third-order valence-corrected chi connectivity index (χ3v) is 3.96. The molecule has 2 aromatic rings. The van der Waals surface area contributed by atoms with E-state index in [4.69, 9.17) is 0 Å². The molecule has 0 unspecified atom stereocenters. The van der Waals surface area contributed by atoms with Crippen LogP contribution in [0.15, 0.2) is 36.7 Å². The quantitative estimate of drug-likeness (QED) is 0.790. The van der Waals surface area contributed by atoms with Crippen molar-refractivity contribution in [2.24, 2.45) is 0 Å². The Bertz CT molecular complexity index is 550. The van der Waals surface area contributed by atoms with Crippen molar-refractivity contribution in [3.05, 3.63) is 42.2 Å². The van der Waals surface area contributed by atoms with Crippen LogP contribution in [0.4, 0.5) is 0 Å². The molecular weight excluding hydrogens is 258 g/mol. The van der Waals surface area contributed by atoms with E-state index in [1.165, 1.54) is 16.3 Å². The van der Waals surface area contributed by atoms with Gasteiger partial charge >= 0.3 is 0 Å². The maximum atomic E-state index is 4.19. The van der Waals surface area contributed by atoms with E-state index in [0.29, 0.717) is 12.1 Å². The Morgan fingerprint density at radius 2 is 1.86 bits per heavy atom. The van der Waals surface area contributed by atoms with Crippen molar-refractivity contribution in [1.82, 2.24) is 15.2 Å². The van der Waals surface area contributed by atoms with E-state index >= 15 is 0 Å². The van der Waals surface area contributed by atoms with Crippen LogP contribution in [0.3, 0.4) is 0 Å². The van der Waals surface area contributed by atoms with E-state index in [9.17, 15) is 0 Å². The molecule has 0 saturated heterocycles. The predicted octanol–water partition coefficient (Wildman–Crippen LogP) is 3.44. The van der Waals surface area contributed by atoms with Gasteiger partial charge in [0.05, 0.1) is 0 Å². The highest BCUT2D eigenvalue weighted by molar-refractivity contribution is 5.84. The van der Waals surface area contributed by atoms with Gasteiger partial charge in [-0.3, -0.25) is 9.88 Å². The lowest BCUT2D eigenvalue weighted by atomic mass is 10.1. The molecular formula is C18H27N3. The van der Waals surface area contributed by atoms with Gasteiger partial charge in [0.1, 0.15) is 0 Å². The summed E-state index contributed by atoms with van der Waals surface area (Å²) in [7, 11) is 0.